The summed E-state index contributed by atoms with van der Waals surface area (Å²) in [5.74, 6) is 1.81. The fraction of sp³-hybridized carbons (Fsp3) is 0.625. The molecule has 1 saturated heterocycles. The lowest BCUT2D eigenvalue weighted by atomic mass is 9.94. The van der Waals surface area contributed by atoms with Crippen LogP contribution in [0.25, 0.3) is 0 Å². The van der Waals surface area contributed by atoms with Crippen molar-refractivity contribution in [1.82, 2.24) is 4.90 Å². The number of nitrogens with two attached hydrogens (primary N) is 1. The molecule has 0 aromatic heterocycles. The van der Waals surface area contributed by atoms with Crippen LogP contribution in [-0.4, -0.2) is 31.6 Å². The van der Waals surface area contributed by atoms with Gasteiger partial charge in [-0.3, -0.25) is 0 Å². The first-order chi connectivity index (χ1) is 9.22. The highest BCUT2D eigenvalue weighted by Gasteiger charge is 2.19. The van der Waals surface area contributed by atoms with E-state index in [9.17, 15) is 0 Å². The number of likely N-dealkylation sites (tertiary alicyclic amines) is 1. The van der Waals surface area contributed by atoms with E-state index in [2.05, 4.69) is 17.9 Å². The summed E-state index contributed by atoms with van der Waals surface area (Å²) in [7, 11) is 1.69. The van der Waals surface area contributed by atoms with Crippen molar-refractivity contribution in [1.29, 1.82) is 0 Å². The van der Waals surface area contributed by atoms with Crippen LogP contribution in [0.2, 0.25) is 0 Å². The molecule has 1 aliphatic heterocycles. The van der Waals surface area contributed by atoms with Crippen molar-refractivity contribution in [2.45, 2.75) is 32.2 Å². The lowest BCUT2D eigenvalue weighted by Gasteiger charge is -2.33. The largest absolute Gasteiger partial charge is 0.497 e. The number of hydrogen-bond acceptors (Lipinski definition) is 3. The molecule has 2 N–H and O–H groups in total. The molecular formula is C16H26N2O. The molecule has 0 radical (unpaired) electrons. The van der Waals surface area contributed by atoms with Gasteiger partial charge >= 0.3 is 0 Å². The van der Waals surface area contributed by atoms with Gasteiger partial charge in [0.2, 0.25) is 0 Å². The predicted molar refractivity (Wildman–Crippen MR) is 79.4 cm³/mol. The van der Waals surface area contributed by atoms with Crippen LogP contribution >= 0.6 is 0 Å². The Labute approximate surface area is 116 Å². The molecule has 3 heteroatoms. The summed E-state index contributed by atoms with van der Waals surface area (Å²) >= 11 is 0. The second kappa shape index (κ2) is 6.92. The highest BCUT2D eigenvalue weighted by molar-refractivity contribution is 5.30. The van der Waals surface area contributed by atoms with E-state index >= 15 is 0 Å². The van der Waals surface area contributed by atoms with E-state index in [1.807, 2.05) is 18.2 Å². The average molecular weight is 262 g/mol. The molecule has 0 saturated carbocycles. The van der Waals surface area contributed by atoms with Gasteiger partial charge in [0.15, 0.2) is 0 Å². The van der Waals surface area contributed by atoms with E-state index in [0.717, 1.165) is 23.8 Å². The van der Waals surface area contributed by atoms with Crippen LogP contribution in [0.3, 0.4) is 0 Å². The van der Waals surface area contributed by atoms with E-state index < -0.39 is 0 Å². The molecule has 1 heterocycles. The zero-order chi connectivity index (χ0) is 13.7. The Morgan fingerprint density at radius 1 is 1.37 bits per heavy atom. The molecule has 0 amide bonds. The molecule has 1 aliphatic rings. The molecule has 2 rings (SSSR count). The third-order valence-corrected chi connectivity index (χ3v) is 4.26. The second-order valence-corrected chi connectivity index (χ2v) is 5.54. The van der Waals surface area contributed by atoms with Gasteiger partial charge in [-0.1, -0.05) is 25.5 Å². The number of piperidine rings is 1. The number of rotatable bonds is 5. The Balaban J connectivity index is 1.88. The molecule has 1 atom stereocenters. The molecule has 1 aromatic rings. The summed E-state index contributed by atoms with van der Waals surface area (Å²) in [6, 6.07) is 8.18. The van der Waals surface area contributed by atoms with E-state index in [1.54, 1.807) is 7.11 Å². The maximum Gasteiger partial charge on any atom is 0.119 e. The Kier molecular flexibility index (Phi) is 5.23. The van der Waals surface area contributed by atoms with Crippen LogP contribution in [0, 0.1) is 5.92 Å². The van der Waals surface area contributed by atoms with Gasteiger partial charge in [0.05, 0.1) is 7.11 Å². The molecular weight excluding hydrogens is 236 g/mol. The fourth-order valence-corrected chi connectivity index (χ4v) is 2.83. The van der Waals surface area contributed by atoms with Crippen LogP contribution in [0.4, 0.5) is 0 Å². The number of ether oxygens (including phenoxy) is 1. The van der Waals surface area contributed by atoms with Crippen LogP contribution in [-0.2, 0) is 0 Å². The van der Waals surface area contributed by atoms with Crippen molar-refractivity contribution in [3.05, 3.63) is 29.8 Å². The van der Waals surface area contributed by atoms with Gasteiger partial charge in [-0.2, -0.15) is 0 Å². The molecule has 19 heavy (non-hydrogen) atoms. The van der Waals surface area contributed by atoms with E-state index in [-0.39, 0.29) is 6.04 Å². The monoisotopic (exact) mass is 262 g/mol. The Hall–Kier alpha value is -1.06. The topological polar surface area (TPSA) is 38.5 Å². The summed E-state index contributed by atoms with van der Waals surface area (Å²) in [4.78, 5) is 2.50. The Morgan fingerprint density at radius 3 is 2.74 bits per heavy atom. The highest BCUT2D eigenvalue weighted by Crippen LogP contribution is 2.23. The quantitative estimate of drug-likeness (QED) is 0.887. The zero-order valence-electron chi connectivity index (χ0n) is 12.1. The van der Waals surface area contributed by atoms with Crippen molar-refractivity contribution < 1.29 is 4.74 Å². The molecule has 106 valence electrons. The Bertz CT molecular complexity index is 386. The summed E-state index contributed by atoms with van der Waals surface area (Å²) in [6.45, 7) is 5.62. The minimum Gasteiger partial charge on any atom is -0.497 e. The first-order valence-electron chi connectivity index (χ1n) is 7.34. The zero-order valence-corrected chi connectivity index (χ0v) is 12.1. The maximum absolute atomic E-state index is 6.32. The maximum atomic E-state index is 6.32. The standard InChI is InChI=1S/C16H26N2O/c1-3-13-7-9-18(10-8-13)12-16(17)14-5-4-6-15(11-14)19-2/h4-6,11,13,16H,3,7-10,12,17H2,1-2H3. The fourth-order valence-electron chi connectivity index (χ4n) is 2.83. The van der Waals surface area contributed by atoms with Gasteiger partial charge < -0.3 is 15.4 Å². The predicted octanol–water partition coefficient (Wildman–Crippen LogP) is 2.82. The van der Waals surface area contributed by atoms with Gasteiger partial charge in [0.1, 0.15) is 5.75 Å². The lowest BCUT2D eigenvalue weighted by Crippen LogP contribution is -2.38. The van der Waals surface area contributed by atoms with Gasteiger partial charge in [-0.25, -0.2) is 0 Å². The molecule has 0 spiro atoms. The lowest BCUT2D eigenvalue weighted by molar-refractivity contribution is 0.173. The molecule has 0 aliphatic carbocycles. The van der Waals surface area contributed by atoms with Gasteiger partial charge in [-0.05, 0) is 49.5 Å². The number of hydrogen-bond donors (Lipinski definition) is 1. The van der Waals surface area contributed by atoms with Crippen molar-refractivity contribution in [3.63, 3.8) is 0 Å². The smallest absolute Gasteiger partial charge is 0.119 e. The summed E-state index contributed by atoms with van der Waals surface area (Å²) in [6.07, 6.45) is 3.96. The van der Waals surface area contributed by atoms with Crippen LogP contribution in [0.1, 0.15) is 37.8 Å². The van der Waals surface area contributed by atoms with Gasteiger partial charge in [-0.15, -0.1) is 0 Å². The molecule has 3 nitrogen and oxygen atoms in total. The normalized spacial score (nSPS) is 19.3. The minimum absolute atomic E-state index is 0.0771. The Morgan fingerprint density at radius 2 is 2.11 bits per heavy atom. The summed E-state index contributed by atoms with van der Waals surface area (Å²) < 4.78 is 5.25. The van der Waals surface area contributed by atoms with E-state index in [4.69, 9.17) is 10.5 Å². The minimum atomic E-state index is 0.0771. The van der Waals surface area contributed by atoms with E-state index in [1.165, 1.54) is 32.4 Å². The number of methoxy groups -OCH3 is 1. The summed E-state index contributed by atoms with van der Waals surface area (Å²) in [5.41, 5.74) is 7.48. The highest BCUT2D eigenvalue weighted by atomic mass is 16.5. The van der Waals surface area contributed by atoms with Crippen molar-refractivity contribution >= 4 is 0 Å². The molecule has 1 unspecified atom stereocenters. The third-order valence-electron chi connectivity index (χ3n) is 4.26. The van der Waals surface area contributed by atoms with Gasteiger partial charge in [0, 0.05) is 12.6 Å². The van der Waals surface area contributed by atoms with Crippen molar-refractivity contribution in [2.75, 3.05) is 26.7 Å². The van der Waals surface area contributed by atoms with Crippen molar-refractivity contribution in [3.8, 4) is 5.75 Å². The van der Waals surface area contributed by atoms with Crippen LogP contribution in [0.15, 0.2) is 24.3 Å². The average Bonchev–Trinajstić information content (AvgIpc) is 2.48. The summed E-state index contributed by atoms with van der Waals surface area (Å²) in [5, 5.41) is 0. The van der Waals surface area contributed by atoms with Crippen LogP contribution in [0.5, 0.6) is 5.75 Å². The molecule has 1 aromatic carbocycles. The first kappa shape index (κ1) is 14.4. The van der Waals surface area contributed by atoms with Crippen LogP contribution < -0.4 is 10.5 Å². The number of nitrogens with zero attached hydrogens (tertiary/aromatic N) is 1. The van der Waals surface area contributed by atoms with Crippen molar-refractivity contribution in [2.24, 2.45) is 11.7 Å². The molecule has 1 fully saturated rings. The van der Waals surface area contributed by atoms with E-state index in [0.29, 0.717) is 0 Å². The number of benzene rings is 1. The SMILES string of the molecule is CCC1CCN(CC(N)c2cccc(OC)c2)CC1. The second-order valence-electron chi connectivity index (χ2n) is 5.54. The third kappa shape index (κ3) is 3.95. The van der Waals surface area contributed by atoms with Gasteiger partial charge in [0.25, 0.3) is 0 Å². The first-order valence-corrected chi connectivity index (χ1v) is 7.34. The molecule has 0 bridgehead atoms.